The first-order valence-electron chi connectivity index (χ1n) is 9.62. The predicted octanol–water partition coefficient (Wildman–Crippen LogP) is 3.55. The molecule has 1 amide bonds. The molecule has 0 spiro atoms. The van der Waals surface area contributed by atoms with Crippen molar-refractivity contribution in [1.29, 1.82) is 0 Å². The second-order valence-electron chi connectivity index (χ2n) is 7.25. The fraction of sp³-hybridized carbons (Fsp3) is 0.789. The molecule has 0 radical (unpaired) electrons. The summed E-state index contributed by atoms with van der Waals surface area (Å²) in [7, 11) is 1.61. The van der Waals surface area contributed by atoms with Crippen LogP contribution in [0.3, 0.4) is 0 Å². The summed E-state index contributed by atoms with van der Waals surface area (Å²) in [4.78, 5) is 23.9. The van der Waals surface area contributed by atoms with Gasteiger partial charge in [0.25, 0.3) is 5.24 Å². The summed E-state index contributed by atoms with van der Waals surface area (Å²) >= 11 is 1.24. The summed E-state index contributed by atoms with van der Waals surface area (Å²) < 4.78 is 17.9. The lowest BCUT2D eigenvalue weighted by molar-refractivity contribution is -0.296. The Labute approximate surface area is 159 Å². The average molecular weight is 384 g/mol. The minimum atomic E-state index is -0.931. The minimum absolute atomic E-state index is 0.0413. The van der Waals surface area contributed by atoms with E-state index in [2.05, 4.69) is 17.5 Å². The molecule has 6 nitrogen and oxygen atoms in total. The number of carbonyl (C=O) groups is 2. The van der Waals surface area contributed by atoms with Crippen molar-refractivity contribution in [3.05, 3.63) is 12.2 Å². The van der Waals surface area contributed by atoms with Crippen LogP contribution in [0.2, 0.25) is 0 Å². The molecule has 2 saturated heterocycles. The Kier molecular flexibility index (Phi) is 7.00. The number of methoxy groups -OCH3 is 1. The molecular formula is C19H29NO5S. The third-order valence-corrected chi connectivity index (χ3v) is 6.20. The van der Waals surface area contributed by atoms with Gasteiger partial charge in [0.2, 0.25) is 0 Å². The van der Waals surface area contributed by atoms with E-state index in [1.165, 1.54) is 11.8 Å². The summed E-state index contributed by atoms with van der Waals surface area (Å²) in [5.41, 5.74) is 0. The van der Waals surface area contributed by atoms with Crippen molar-refractivity contribution >= 4 is 23.0 Å². The van der Waals surface area contributed by atoms with Gasteiger partial charge in [0.15, 0.2) is 5.79 Å². The molecule has 3 rings (SSSR count). The Bertz CT molecular complexity index is 540. The molecule has 0 aromatic carbocycles. The fourth-order valence-electron chi connectivity index (χ4n) is 3.93. The van der Waals surface area contributed by atoms with Crippen molar-refractivity contribution in [2.24, 2.45) is 0 Å². The van der Waals surface area contributed by atoms with Crippen LogP contribution in [0.4, 0.5) is 4.79 Å². The van der Waals surface area contributed by atoms with Crippen molar-refractivity contribution in [1.82, 2.24) is 5.32 Å². The van der Waals surface area contributed by atoms with E-state index in [-0.39, 0.29) is 29.5 Å². The Hall–Kier alpha value is -1.05. The summed E-state index contributed by atoms with van der Waals surface area (Å²) in [6.45, 7) is 0. The standard InChI is InChI=1S/C19H29NO5S/c1-23-19(16-13-26-18(22)20-16)12-15-11-14(25-19)9-7-5-3-2-4-6-8-10-17(21)24-15/h2-3,14-16H,4-13H2,1H3,(H,20,22)/b3-2-/t14-,15?,16?,19?/m1/s1. The van der Waals surface area contributed by atoms with Gasteiger partial charge in [-0.2, -0.15) is 0 Å². The van der Waals surface area contributed by atoms with Crippen LogP contribution in [0.15, 0.2) is 12.2 Å². The van der Waals surface area contributed by atoms with Gasteiger partial charge in [0.1, 0.15) is 6.10 Å². The largest absolute Gasteiger partial charge is 0.462 e. The van der Waals surface area contributed by atoms with Gasteiger partial charge in [-0.15, -0.1) is 0 Å². The molecule has 1 N–H and O–H groups in total. The third-order valence-electron chi connectivity index (χ3n) is 5.32. The smallest absolute Gasteiger partial charge is 0.306 e. The van der Waals surface area contributed by atoms with Gasteiger partial charge in [-0.05, 0) is 38.5 Å². The average Bonchev–Trinajstić information content (AvgIpc) is 3.06. The maximum atomic E-state index is 12.2. The van der Waals surface area contributed by atoms with Crippen molar-refractivity contribution in [3.8, 4) is 0 Å². The van der Waals surface area contributed by atoms with Crippen LogP contribution in [0.5, 0.6) is 0 Å². The number of allylic oxidation sites excluding steroid dienone is 2. The van der Waals surface area contributed by atoms with Crippen LogP contribution < -0.4 is 5.32 Å². The van der Waals surface area contributed by atoms with Crippen LogP contribution in [0, 0.1) is 0 Å². The molecule has 3 unspecified atom stereocenters. The number of nitrogens with one attached hydrogen (secondary N) is 1. The molecule has 0 aliphatic carbocycles. The van der Waals surface area contributed by atoms with E-state index in [9.17, 15) is 9.59 Å². The van der Waals surface area contributed by atoms with Gasteiger partial charge in [-0.3, -0.25) is 9.59 Å². The fourth-order valence-corrected chi connectivity index (χ4v) is 4.81. The Morgan fingerprint density at radius 3 is 2.73 bits per heavy atom. The lowest BCUT2D eigenvalue weighted by Gasteiger charge is -2.46. The van der Waals surface area contributed by atoms with Crippen LogP contribution in [0.25, 0.3) is 0 Å². The van der Waals surface area contributed by atoms with Crippen molar-refractivity contribution in [2.45, 2.75) is 81.8 Å². The van der Waals surface area contributed by atoms with Crippen LogP contribution in [-0.4, -0.2) is 48.1 Å². The Morgan fingerprint density at radius 2 is 2.00 bits per heavy atom. The van der Waals surface area contributed by atoms with Crippen molar-refractivity contribution < 1.29 is 23.8 Å². The van der Waals surface area contributed by atoms with Gasteiger partial charge in [0.05, 0.1) is 12.1 Å². The summed E-state index contributed by atoms with van der Waals surface area (Å²) in [5, 5.41) is 2.89. The summed E-state index contributed by atoms with van der Waals surface area (Å²) in [6.07, 6.45) is 11.6. The van der Waals surface area contributed by atoms with Gasteiger partial charge in [-0.25, -0.2) is 0 Å². The van der Waals surface area contributed by atoms with Crippen molar-refractivity contribution in [2.75, 3.05) is 12.9 Å². The molecule has 3 aliphatic heterocycles. The Morgan fingerprint density at radius 1 is 1.19 bits per heavy atom. The van der Waals surface area contributed by atoms with E-state index >= 15 is 0 Å². The first-order valence-corrected chi connectivity index (χ1v) is 10.6. The molecule has 0 aromatic rings. The van der Waals surface area contributed by atoms with Gasteiger partial charge in [0, 0.05) is 32.1 Å². The van der Waals surface area contributed by atoms with E-state index in [1.54, 1.807) is 7.11 Å². The number of carbonyl (C=O) groups excluding carboxylic acids is 2. The van der Waals surface area contributed by atoms with Crippen LogP contribution in [0.1, 0.15) is 57.8 Å². The number of hydrogen-bond acceptors (Lipinski definition) is 6. The topological polar surface area (TPSA) is 73.9 Å². The molecule has 0 aromatic heterocycles. The number of hydrogen-bond donors (Lipinski definition) is 1. The SMILES string of the molecule is COC1(C2CSC(=O)N2)CC2C[C@@H](CCC/C=C\CCCCC(=O)O2)O1. The number of esters is 1. The van der Waals surface area contributed by atoms with E-state index in [1.807, 2.05) is 0 Å². The Balaban J connectivity index is 1.75. The zero-order valence-electron chi connectivity index (χ0n) is 15.4. The highest BCUT2D eigenvalue weighted by molar-refractivity contribution is 8.14. The molecule has 4 atom stereocenters. The van der Waals surface area contributed by atoms with Crippen LogP contribution in [-0.2, 0) is 19.0 Å². The lowest BCUT2D eigenvalue weighted by Crippen LogP contribution is -2.59. The molecule has 3 heterocycles. The second-order valence-corrected chi connectivity index (χ2v) is 8.24. The first-order chi connectivity index (χ1) is 12.6. The maximum absolute atomic E-state index is 12.2. The van der Waals surface area contributed by atoms with Crippen molar-refractivity contribution in [3.63, 3.8) is 0 Å². The molecule has 26 heavy (non-hydrogen) atoms. The number of fused-ring (bicyclic) bond motifs is 2. The monoisotopic (exact) mass is 383 g/mol. The highest BCUT2D eigenvalue weighted by atomic mass is 32.2. The summed E-state index contributed by atoms with van der Waals surface area (Å²) in [6, 6.07) is -0.229. The van der Waals surface area contributed by atoms with Gasteiger partial charge in [-0.1, -0.05) is 23.9 Å². The predicted molar refractivity (Wildman–Crippen MR) is 100.0 cm³/mol. The molecule has 2 bridgehead atoms. The van der Waals surface area contributed by atoms with Gasteiger partial charge >= 0.3 is 5.97 Å². The molecule has 3 aliphatic rings. The van der Waals surface area contributed by atoms with E-state index < -0.39 is 5.79 Å². The van der Waals surface area contributed by atoms with E-state index in [4.69, 9.17) is 14.2 Å². The molecule has 0 saturated carbocycles. The number of thioether (sulfide) groups is 1. The molecular weight excluding hydrogens is 354 g/mol. The van der Waals surface area contributed by atoms with Crippen LogP contribution >= 0.6 is 11.8 Å². The zero-order valence-corrected chi connectivity index (χ0v) is 16.2. The minimum Gasteiger partial charge on any atom is -0.462 e. The van der Waals surface area contributed by atoms with E-state index in [0.29, 0.717) is 25.0 Å². The lowest BCUT2D eigenvalue weighted by atomic mass is 9.91. The van der Waals surface area contributed by atoms with Gasteiger partial charge < -0.3 is 19.5 Å². The highest BCUT2D eigenvalue weighted by Crippen LogP contribution is 2.39. The zero-order chi connectivity index (χ0) is 18.4. The highest BCUT2D eigenvalue weighted by Gasteiger charge is 2.51. The number of rotatable bonds is 2. The van der Waals surface area contributed by atoms with E-state index in [0.717, 1.165) is 38.5 Å². The molecule has 7 heteroatoms. The normalized spacial score (nSPS) is 38.1. The quantitative estimate of drug-likeness (QED) is 0.581. The maximum Gasteiger partial charge on any atom is 0.306 e. The summed E-state index contributed by atoms with van der Waals surface area (Å²) in [5.74, 6) is -0.477. The molecule has 2 fully saturated rings. The number of ether oxygens (including phenoxy) is 3. The molecule has 146 valence electrons. The third kappa shape index (κ3) is 5.02. The number of amides is 1. The second kappa shape index (κ2) is 9.24. The first kappa shape index (κ1) is 19.7.